The van der Waals surface area contributed by atoms with Gasteiger partial charge in [0.05, 0.1) is 10.6 Å². The number of hydrogen-bond acceptors (Lipinski definition) is 4. The van der Waals surface area contributed by atoms with Crippen molar-refractivity contribution in [3.8, 4) is 16.6 Å². The monoisotopic (exact) mass is 231 g/mol. The van der Waals surface area contributed by atoms with Gasteiger partial charge in [-0.05, 0) is 26.0 Å². The van der Waals surface area contributed by atoms with E-state index < -0.39 is 0 Å². The lowest BCUT2D eigenvalue weighted by Gasteiger charge is -2.01. The maximum Gasteiger partial charge on any atom is 0.275 e. The van der Waals surface area contributed by atoms with Crippen LogP contribution in [0.25, 0.3) is 10.6 Å². The van der Waals surface area contributed by atoms with Gasteiger partial charge in [-0.2, -0.15) is 5.26 Å². The molecular weight excluding hydrogens is 222 g/mol. The van der Waals surface area contributed by atoms with Crippen LogP contribution < -0.4 is 5.56 Å². The molecule has 0 fully saturated rings. The molecule has 2 aromatic heterocycles. The lowest BCUT2D eigenvalue weighted by Crippen LogP contribution is -2.13. The van der Waals surface area contributed by atoms with Crippen molar-refractivity contribution in [2.75, 3.05) is 0 Å². The Bertz CT molecular complexity index is 633. The quantitative estimate of drug-likeness (QED) is 0.815. The summed E-state index contributed by atoms with van der Waals surface area (Å²) >= 11 is 1.27. The second-order valence-corrected chi connectivity index (χ2v) is 4.48. The van der Waals surface area contributed by atoms with E-state index in [1.807, 2.05) is 19.9 Å². The van der Waals surface area contributed by atoms with E-state index in [0.717, 1.165) is 16.3 Å². The van der Waals surface area contributed by atoms with Crippen LogP contribution in [0.5, 0.6) is 0 Å². The molecule has 5 heteroatoms. The predicted molar refractivity (Wildman–Crippen MR) is 62.4 cm³/mol. The first-order valence-electron chi connectivity index (χ1n) is 4.69. The molecule has 4 nitrogen and oxygen atoms in total. The number of aromatic nitrogens is 2. The molecule has 0 saturated carbocycles. The minimum Gasteiger partial charge on any atom is -0.323 e. The lowest BCUT2D eigenvalue weighted by atomic mass is 10.3. The Morgan fingerprint density at radius 2 is 2.19 bits per heavy atom. The maximum atomic E-state index is 11.7. The Balaban J connectivity index is 2.61. The fourth-order valence-corrected chi connectivity index (χ4v) is 2.10. The number of thiophene rings is 1. The molecule has 0 aliphatic rings. The van der Waals surface area contributed by atoms with Gasteiger partial charge in [0.2, 0.25) is 0 Å². The SMILES string of the molecule is Cc1nc(-c2ccc(C#N)s2)c(=O)[nH]c1C. The van der Waals surface area contributed by atoms with E-state index in [9.17, 15) is 4.79 Å². The van der Waals surface area contributed by atoms with Crippen molar-refractivity contribution in [1.29, 1.82) is 5.26 Å². The van der Waals surface area contributed by atoms with Crippen molar-refractivity contribution < 1.29 is 0 Å². The Morgan fingerprint density at radius 3 is 2.81 bits per heavy atom. The summed E-state index contributed by atoms with van der Waals surface area (Å²) in [7, 11) is 0. The van der Waals surface area contributed by atoms with Crippen LogP contribution in [0.15, 0.2) is 16.9 Å². The summed E-state index contributed by atoms with van der Waals surface area (Å²) in [4.78, 5) is 20.0. The van der Waals surface area contributed by atoms with E-state index in [4.69, 9.17) is 5.26 Å². The minimum atomic E-state index is -0.213. The number of nitrogens with zero attached hydrogens (tertiary/aromatic N) is 2. The second kappa shape index (κ2) is 3.91. The van der Waals surface area contributed by atoms with Crippen molar-refractivity contribution in [2.24, 2.45) is 0 Å². The summed E-state index contributed by atoms with van der Waals surface area (Å²) in [6.45, 7) is 3.65. The Labute approximate surface area is 96.2 Å². The molecule has 0 radical (unpaired) electrons. The highest BCUT2D eigenvalue weighted by molar-refractivity contribution is 7.15. The molecular formula is C11H9N3OS. The molecule has 0 aliphatic carbocycles. The molecule has 2 rings (SSSR count). The molecule has 2 aromatic rings. The topological polar surface area (TPSA) is 69.5 Å². The molecule has 1 N–H and O–H groups in total. The molecule has 2 heterocycles. The van der Waals surface area contributed by atoms with E-state index in [-0.39, 0.29) is 5.56 Å². The fourth-order valence-electron chi connectivity index (χ4n) is 1.31. The van der Waals surface area contributed by atoms with E-state index in [1.54, 1.807) is 12.1 Å². The number of H-pyrrole nitrogens is 1. The van der Waals surface area contributed by atoms with Crippen LogP contribution in [-0.2, 0) is 0 Å². The zero-order valence-corrected chi connectivity index (χ0v) is 9.68. The average Bonchev–Trinajstić information content (AvgIpc) is 2.71. The van der Waals surface area contributed by atoms with Gasteiger partial charge in [0, 0.05) is 5.69 Å². The van der Waals surface area contributed by atoms with Crippen LogP contribution in [0.2, 0.25) is 0 Å². The molecule has 0 saturated heterocycles. The van der Waals surface area contributed by atoms with E-state index in [0.29, 0.717) is 10.6 Å². The van der Waals surface area contributed by atoms with Crippen LogP contribution in [-0.4, -0.2) is 9.97 Å². The number of rotatable bonds is 1. The van der Waals surface area contributed by atoms with Gasteiger partial charge >= 0.3 is 0 Å². The summed E-state index contributed by atoms with van der Waals surface area (Å²) in [6.07, 6.45) is 0. The summed E-state index contributed by atoms with van der Waals surface area (Å²) < 4.78 is 0. The Hall–Kier alpha value is -1.93. The van der Waals surface area contributed by atoms with Crippen LogP contribution in [0.4, 0.5) is 0 Å². The first-order valence-corrected chi connectivity index (χ1v) is 5.51. The van der Waals surface area contributed by atoms with Crippen molar-refractivity contribution in [3.05, 3.63) is 38.8 Å². The van der Waals surface area contributed by atoms with Gasteiger partial charge in [-0.15, -0.1) is 11.3 Å². The highest BCUT2D eigenvalue weighted by Crippen LogP contribution is 2.23. The zero-order chi connectivity index (χ0) is 11.7. The Kier molecular flexibility index (Phi) is 2.59. The van der Waals surface area contributed by atoms with Crippen LogP contribution in [0.1, 0.15) is 16.3 Å². The third-order valence-corrected chi connectivity index (χ3v) is 3.28. The third-order valence-electron chi connectivity index (χ3n) is 2.29. The normalized spacial score (nSPS) is 10.1. The number of aryl methyl sites for hydroxylation is 2. The molecule has 0 atom stereocenters. The van der Waals surface area contributed by atoms with E-state index >= 15 is 0 Å². The standard InChI is InChI=1S/C11H9N3OS/c1-6-7(2)14-11(15)10(13-6)9-4-3-8(5-12)16-9/h3-4H,1-2H3,(H,14,15). The van der Waals surface area contributed by atoms with Gasteiger partial charge < -0.3 is 4.98 Å². The number of nitriles is 1. The molecule has 0 aromatic carbocycles. The zero-order valence-electron chi connectivity index (χ0n) is 8.87. The average molecular weight is 231 g/mol. The van der Waals surface area contributed by atoms with E-state index in [1.165, 1.54) is 11.3 Å². The third kappa shape index (κ3) is 1.75. The second-order valence-electron chi connectivity index (χ2n) is 3.40. The smallest absolute Gasteiger partial charge is 0.275 e. The summed E-state index contributed by atoms with van der Waals surface area (Å²) in [5.74, 6) is 0. The maximum absolute atomic E-state index is 11.7. The molecule has 0 bridgehead atoms. The van der Waals surface area contributed by atoms with Crippen LogP contribution >= 0.6 is 11.3 Å². The minimum absolute atomic E-state index is 0.213. The molecule has 16 heavy (non-hydrogen) atoms. The highest BCUT2D eigenvalue weighted by atomic mass is 32.1. The van der Waals surface area contributed by atoms with Gasteiger partial charge in [0.15, 0.2) is 0 Å². The lowest BCUT2D eigenvalue weighted by molar-refractivity contribution is 1.02. The first-order chi connectivity index (χ1) is 7.61. The Morgan fingerprint density at radius 1 is 1.44 bits per heavy atom. The molecule has 0 amide bonds. The largest absolute Gasteiger partial charge is 0.323 e. The molecule has 0 aliphatic heterocycles. The van der Waals surface area contributed by atoms with Crippen molar-refractivity contribution in [1.82, 2.24) is 9.97 Å². The van der Waals surface area contributed by atoms with E-state index in [2.05, 4.69) is 9.97 Å². The van der Waals surface area contributed by atoms with Gasteiger partial charge in [-0.3, -0.25) is 4.79 Å². The van der Waals surface area contributed by atoms with Gasteiger partial charge in [0.1, 0.15) is 16.6 Å². The highest BCUT2D eigenvalue weighted by Gasteiger charge is 2.10. The van der Waals surface area contributed by atoms with Crippen LogP contribution in [0.3, 0.4) is 0 Å². The van der Waals surface area contributed by atoms with Crippen molar-refractivity contribution in [2.45, 2.75) is 13.8 Å². The number of hydrogen-bond donors (Lipinski definition) is 1. The summed E-state index contributed by atoms with van der Waals surface area (Å²) in [6, 6.07) is 5.48. The van der Waals surface area contributed by atoms with Gasteiger partial charge in [-0.25, -0.2) is 4.98 Å². The molecule has 0 unspecified atom stereocenters. The fraction of sp³-hybridized carbons (Fsp3) is 0.182. The van der Waals surface area contributed by atoms with Crippen LogP contribution in [0, 0.1) is 25.2 Å². The van der Waals surface area contributed by atoms with Crippen molar-refractivity contribution in [3.63, 3.8) is 0 Å². The molecule has 0 spiro atoms. The van der Waals surface area contributed by atoms with Crippen molar-refractivity contribution >= 4 is 11.3 Å². The summed E-state index contributed by atoms with van der Waals surface area (Å²) in [5, 5.41) is 8.72. The number of nitrogens with one attached hydrogen (secondary N) is 1. The first kappa shape index (κ1) is 10.6. The number of aromatic amines is 1. The van der Waals surface area contributed by atoms with Gasteiger partial charge in [-0.1, -0.05) is 0 Å². The summed E-state index contributed by atoms with van der Waals surface area (Å²) in [5.41, 5.74) is 1.73. The molecule has 80 valence electrons. The predicted octanol–water partition coefficient (Wildman–Crippen LogP) is 1.99. The van der Waals surface area contributed by atoms with Gasteiger partial charge in [0.25, 0.3) is 5.56 Å².